The fourth-order valence-corrected chi connectivity index (χ4v) is 7.16. The van der Waals surface area contributed by atoms with Crippen molar-refractivity contribution in [2.75, 3.05) is 12.0 Å². The van der Waals surface area contributed by atoms with Gasteiger partial charge in [0.05, 0.1) is 12.7 Å². The van der Waals surface area contributed by atoms with Crippen molar-refractivity contribution in [1.29, 1.82) is 0 Å². The van der Waals surface area contributed by atoms with Crippen LogP contribution in [0.2, 0.25) is 5.02 Å². The number of ether oxygens (including phenoxy) is 2. The molecule has 254 valence electrons. The van der Waals surface area contributed by atoms with E-state index in [9.17, 15) is 9.90 Å². The Hall–Kier alpha value is -4.70. The molecule has 0 saturated carbocycles. The summed E-state index contributed by atoms with van der Waals surface area (Å²) in [6.07, 6.45) is -1.39. The molecule has 4 aromatic carbocycles. The fourth-order valence-electron chi connectivity index (χ4n) is 7.03. The van der Waals surface area contributed by atoms with Gasteiger partial charge in [0.15, 0.2) is 23.0 Å². The Morgan fingerprint density at radius 3 is 2.24 bits per heavy atom. The van der Waals surface area contributed by atoms with Crippen LogP contribution in [0.15, 0.2) is 97.1 Å². The number of rotatable bonds is 7. The highest BCUT2D eigenvalue weighted by atomic mass is 35.5. The third-order valence-corrected chi connectivity index (χ3v) is 9.54. The molecule has 0 aromatic heterocycles. The molecule has 4 aromatic rings. The van der Waals surface area contributed by atoms with Crippen LogP contribution in [0.3, 0.4) is 0 Å². The van der Waals surface area contributed by atoms with Gasteiger partial charge in [-0.15, -0.1) is 0 Å². The molecule has 10 heteroatoms. The maximum Gasteiger partial charge on any atom is 0.265 e. The molecule has 2 heterocycles. The van der Waals surface area contributed by atoms with E-state index in [1.165, 1.54) is 12.0 Å². The number of Topliss-reactive ketones (excluding diaryl/α,β-unsaturated/α-hetero) is 1. The van der Waals surface area contributed by atoms with Crippen molar-refractivity contribution in [1.82, 2.24) is 10.6 Å². The number of hydrogen-bond donors (Lipinski definition) is 3. The van der Waals surface area contributed by atoms with E-state index < -0.39 is 52.5 Å². The summed E-state index contributed by atoms with van der Waals surface area (Å²) in [5.41, 5.74) is -3.55. The summed E-state index contributed by atoms with van der Waals surface area (Å²) in [6, 6.07) is 25.3. The second kappa shape index (κ2) is 12.6. The van der Waals surface area contributed by atoms with Crippen LogP contribution in [0.25, 0.3) is 0 Å². The number of carbonyl (C=O) groups excluding carboxylic acids is 3. The largest absolute Gasteiger partial charge is 0.497 e. The third kappa shape index (κ3) is 5.65. The normalized spacial score (nSPS) is 24.0. The number of halogens is 1. The molecule has 2 amide bonds. The first-order chi connectivity index (χ1) is 23.2. The summed E-state index contributed by atoms with van der Waals surface area (Å²) in [6.45, 7) is 9.15. The Balaban J connectivity index is 1.71. The van der Waals surface area contributed by atoms with Crippen molar-refractivity contribution in [3.8, 4) is 11.5 Å². The highest BCUT2D eigenvalue weighted by Crippen LogP contribution is 2.59. The molecular formula is C39H40ClN3O6. The van der Waals surface area contributed by atoms with Gasteiger partial charge in [0, 0.05) is 22.3 Å². The quantitative estimate of drug-likeness (QED) is 0.215. The summed E-state index contributed by atoms with van der Waals surface area (Å²) in [5, 5.41) is 20.3. The van der Waals surface area contributed by atoms with Crippen molar-refractivity contribution in [2.45, 2.75) is 64.1 Å². The summed E-state index contributed by atoms with van der Waals surface area (Å²) < 4.78 is 12.1. The fraction of sp³-hybridized carbons (Fsp3) is 0.308. The number of carbonyl (C=O) groups is 3. The molecule has 0 bridgehead atoms. The zero-order valence-corrected chi connectivity index (χ0v) is 29.0. The van der Waals surface area contributed by atoms with E-state index in [-0.39, 0.29) is 22.6 Å². The summed E-state index contributed by atoms with van der Waals surface area (Å²) >= 11 is 6.27. The lowest BCUT2D eigenvalue weighted by Crippen LogP contribution is -2.71. The van der Waals surface area contributed by atoms with Crippen LogP contribution in [-0.2, 0) is 15.2 Å². The number of amides is 2. The van der Waals surface area contributed by atoms with Gasteiger partial charge in [-0.2, -0.15) is 0 Å². The van der Waals surface area contributed by atoms with Crippen molar-refractivity contribution in [2.24, 2.45) is 5.41 Å². The minimum atomic E-state index is -2.63. The summed E-state index contributed by atoms with van der Waals surface area (Å²) in [7, 11) is 1.50. The highest BCUT2D eigenvalue weighted by Gasteiger charge is 2.80. The zero-order chi connectivity index (χ0) is 35.3. The molecular weight excluding hydrogens is 642 g/mol. The van der Waals surface area contributed by atoms with Crippen LogP contribution in [0.5, 0.6) is 11.5 Å². The maximum absolute atomic E-state index is 15.6. The topological polar surface area (TPSA) is 117 Å². The van der Waals surface area contributed by atoms with Crippen LogP contribution < -0.4 is 25.0 Å². The molecule has 1 spiro atoms. The van der Waals surface area contributed by atoms with Gasteiger partial charge < -0.3 is 19.9 Å². The monoisotopic (exact) mass is 681 g/mol. The number of methoxy groups -OCH3 is 1. The van der Waals surface area contributed by atoms with Gasteiger partial charge in [0.25, 0.3) is 5.91 Å². The molecule has 49 heavy (non-hydrogen) atoms. The number of benzene rings is 4. The third-order valence-electron chi connectivity index (χ3n) is 9.29. The second-order valence-electron chi connectivity index (χ2n) is 13.7. The van der Waals surface area contributed by atoms with E-state index in [1.54, 1.807) is 60.7 Å². The Bertz CT molecular complexity index is 1890. The Labute approximate surface area is 291 Å². The molecule has 0 radical (unpaired) electrons. The number of ketones is 1. The van der Waals surface area contributed by atoms with Crippen LogP contribution in [0.1, 0.15) is 60.8 Å². The van der Waals surface area contributed by atoms with Gasteiger partial charge in [0.1, 0.15) is 17.5 Å². The minimum absolute atomic E-state index is 0.0931. The number of fused-ring (bicyclic) bond motifs is 1. The Morgan fingerprint density at radius 2 is 1.63 bits per heavy atom. The summed E-state index contributed by atoms with van der Waals surface area (Å²) in [4.78, 5) is 46.9. The second-order valence-corrected chi connectivity index (χ2v) is 14.2. The molecule has 2 aliphatic heterocycles. The van der Waals surface area contributed by atoms with Gasteiger partial charge in [-0.05, 0) is 94.3 Å². The number of anilines is 1. The van der Waals surface area contributed by atoms with Gasteiger partial charge in [-0.1, -0.05) is 65.7 Å². The minimum Gasteiger partial charge on any atom is -0.497 e. The molecule has 5 atom stereocenters. The maximum atomic E-state index is 15.6. The van der Waals surface area contributed by atoms with Crippen molar-refractivity contribution in [3.05, 3.63) is 124 Å². The highest BCUT2D eigenvalue weighted by molar-refractivity contribution is 6.30. The number of hydrogen-bond acceptors (Lipinski definition) is 7. The Morgan fingerprint density at radius 1 is 0.980 bits per heavy atom. The molecule has 1 saturated heterocycles. The first kappa shape index (κ1) is 34.2. The molecule has 9 nitrogen and oxygen atoms in total. The van der Waals surface area contributed by atoms with Crippen molar-refractivity contribution in [3.63, 3.8) is 0 Å². The van der Waals surface area contributed by atoms with E-state index in [0.717, 1.165) is 11.1 Å². The van der Waals surface area contributed by atoms with Crippen molar-refractivity contribution < 1.29 is 29.0 Å². The predicted octanol–water partition coefficient (Wildman–Crippen LogP) is 6.11. The number of nitrogens with one attached hydrogen (secondary N) is 2. The van der Waals surface area contributed by atoms with E-state index >= 15 is 9.59 Å². The van der Waals surface area contributed by atoms with Gasteiger partial charge in [-0.25, -0.2) is 0 Å². The average Bonchev–Trinajstić information content (AvgIpc) is 3.28. The lowest BCUT2D eigenvalue weighted by molar-refractivity contribution is -0.157. The van der Waals surface area contributed by atoms with E-state index in [1.807, 2.05) is 71.0 Å². The first-order valence-corrected chi connectivity index (χ1v) is 16.5. The van der Waals surface area contributed by atoms with Gasteiger partial charge in [0.2, 0.25) is 5.91 Å². The SMILES string of the molecule is COc1ccc([C@@]2(O)C(=O)N(c3ccc(Cl)cc3)[C@H](C(=O)NC(C)(C)C)[C@@]23C(=O)c2cc(C)ccc2O[C@@H]3N[C@@H](C)c2ccccc2)cc1. The lowest BCUT2D eigenvalue weighted by atomic mass is 9.60. The van der Waals surface area contributed by atoms with E-state index in [0.29, 0.717) is 10.8 Å². The Kier molecular flexibility index (Phi) is 8.81. The number of aliphatic hydroxyl groups is 1. The van der Waals surface area contributed by atoms with Crippen LogP contribution in [0, 0.1) is 12.3 Å². The van der Waals surface area contributed by atoms with Crippen LogP contribution in [0.4, 0.5) is 5.69 Å². The average molecular weight is 682 g/mol. The van der Waals surface area contributed by atoms with Gasteiger partial charge >= 0.3 is 0 Å². The molecule has 0 aliphatic carbocycles. The van der Waals surface area contributed by atoms with Crippen LogP contribution in [-0.4, -0.2) is 47.6 Å². The zero-order valence-electron chi connectivity index (χ0n) is 28.3. The number of aryl methyl sites for hydroxylation is 1. The standard InChI is InChI=1S/C39H40ClN3O6/c1-23-12-21-31-30(22-23)33(44)38(35(49-31)41-24(2)25-10-8-7-9-11-25)32(34(45)42-37(3,4)5)43(28-17-15-27(40)16-18-28)36(46)39(38,47)26-13-19-29(48-6)20-14-26/h7-22,24,32,35,41,47H,1-6H3,(H,42,45)/t24-,32+,35-,38-,39+/m0/s1. The van der Waals surface area contributed by atoms with Gasteiger partial charge in [-0.3, -0.25) is 24.6 Å². The number of nitrogens with zero attached hydrogens (tertiary/aromatic N) is 1. The predicted molar refractivity (Wildman–Crippen MR) is 188 cm³/mol. The lowest BCUT2D eigenvalue weighted by Gasteiger charge is -2.50. The molecule has 6 rings (SSSR count). The molecule has 3 N–H and O–H groups in total. The summed E-state index contributed by atoms with van der Waals surface area (Å²) in [5.74, 6) is -1.40. The first-order valence-electron chi connectivity index (χ1n) is 16.1. The van der Waals surface area contributed by atoms with E-state index in [2.05, 4.69) is 10.6 Å². The molecule has 1 fully saturated rings. The van der Waals surface area contributed by atoms with E-state index in [4.69, 9.17) is 21.1 Å². The molecule has 2 aliphatic rings. The van der Waals surface area contributed by atoms with Crippen molar-refractivity contribution >= 4 is 34.9 Å². The molecule has 0 unspecified atom stereocenters. The van der Waals surface area contributed by atoms with Crippen LogP contribution >= 0.6 is 11.6 Å². The smallest absolute Gasteiger partial charge is 0.265 e.